The van der Waals surface area contributed by atoms with E-state index in [2.05, 4.69) is 16.0 Å². The van der Waals surface area contributed by atoms with Crippen molar-refractivity contribution in [1.82, 2.24) is 9.97 Å². The molecule has 1 aromatic carbocycles. The fourth-order valence-electron chi connectivity index (χ4n) is 2.36. The van der Waals surface area contributed by atoms with Gasteiger partial charge in [-0.15, -0.1) is 11.3 Å². The molecule has 0 radical (unpaired) electrons. The zero-order valence-electron chi connectivity index (χ0n) is 13.8. The van der Waals surface area contributed by atoms with Crippen LogP contribution in [-0.2, 0) is 0 Å². The van der Waals surface area contributed by atoms with Crippen molar-refractivity contribution in [3.63, 3.8) is 0 Å². The number of aromatic nitrogens is 2. The summed E-state index contributed by atoms with van der Waals surface area (Å²) < 4.78 is 10.8. The van der Waals surface area contributed by atoms with Crippen molar-refractivity contribution >= 4 is 23.0 Å². The van der Waals surface area contributed by atoms with Crippen molar-refractivity contribution in [2.75, 3.05) is 14.2 Å². The molecule has 0 spiro atoms. The fourth-order valence-corrected chi connectivity index (χ4v) is 3.16. The Morgan fingerprint density at radius 2 is 1.80 bits per heavy atom. The molecule has 0 atom stereocenters. The number of hydrogen-bond acceptors (Lipinski definition) is 6. The van der Waals surface area contributed by atoms with Crippen LogP contribution in [0.1, 0.15) is 10.6 Å². The van der Waals surface area contributed by atoms with Gasteiger partial charge >= 0.3 is 0 Å². The third-order valence-corrected chi connectivity index (χ3v) is 4.46. The van der Waals surface area contributed by atoms with Crippen LogP contribution in [0.15, 0.2) is 48.1 Å². The van der Waals surface area contributed by atoms with Crippen LogP contribution in [-0.4, -0.2) is 24.2 Å². The van der Waals surface area contributed by atoms with E-state index >= 15 is 0 Å². The molecule has 3 aromatic rings. The Kier molecular flexibility index (Phi) is 5.07. The molecule has 0 unspecified atom stereocenters. The summed E-state index contributed by atoms with van der Waals surface area (Å²) in [5.41, 5.74) is 2.94. The zero-order valence-corrected chi connectivity index (χ0v) is 14.6. The number of thiazole rings is 1. The topological polar surface area (TPSA) is 68.0 Å². The Morgan fingerprint density at radius 3 is 2.40 bits per heavy atom. The predicted molar refractivity (Wildman–Crippen MR) is 98.4 cm³/mol. The van der Waals surface area contributed by atoms with Crippen molar-refractivity contribution in [3.8, 4) is 28.8 Å². The van der Waals surface area contributed by atoms with E-state index in [-0.39, 0.29) is 0 Å². The first-order chi connectivity index (χ1) is 12.3. The van der Waals surface area contributed by atoms with Gasteiger partial charge in [-0.05, 0) is 30.3 Å². The van der Waals surface area contributed by atoms with Gasteiger partial charge < -0.3 is 9.47 Å². The largest absolute Gasteiger partial charge is 0.496 e. The first-order valence-corrected chi connectivity index (χ1v) is 8.34. The Bertz CT molecular complexity index is 921. The Morgan fingerprint density at radius 1 is 1.12 bits per heavy atom. The molecule has 2 aromatic heterocycles. The number of benzene rings is 1. The summed E-state index contributed by atoms with van der Waals surface area (Å²) in [4.78, 5) is 8.58. The second-order valence-corrected chi connectivity index (χ2v) is 5.88. The second kappa shape index (κ2) is 7.60. The average molecular weight is 349 g/mol. The lowest BCUT2D eigenvalue weighted by atomic mass is 10.1. The summed E-state index contributed by atoms with van der Waals surface area (Å²) in [6.45, 7) is 0. The molecule has 0 N–H and O–H groups in total. The molecule has 0 saturated heterocycles. The molecule has 0 aliphatic rings. The minimum absolute atomic E-state index is 0.452. The van der Waals surface area contributed by atoms with Crippen molar-refractivity contribution in [3.05, 3.63) is 58.7 Å². The van der Waals surface area contributed by atoms with Crippen molar-refractivity contribution in [2.45, 2.75) is 0 Å². The summed E-state index contributed by atoms with van der Waals surface area (Å²) >= 11 is 1.42. The molecular weight excluding hydrogens is 334 g/mol. The van der Waals surface area contributed by atoms with Gasteiger partial charge in [0.1, 0.15) is 22.6 Å². The lowest BCUT2D eigenvalue weighted by molar-refractivity contribution is 0.392. The number of methoxy groups -OCH3 is 2. The summed E-state index contributed by atoms with van der Waals surface area (Å²) in [6.07, 6.45) is 5.18. The second-order valence-electron chi connectivity index (χ2n) is 5.02. The van der Waals surface area contributed by atoms with Gasteiger partial charge in [-0.2, -0.15) is 5.26 Å². The highest BCUT2D eigenvalue weighted by Crippen LogP contribution is 2.33. The smallest absolute Gasteiger partial charge is 0.134 e. The Hall–Kier alpha value is -3.17. The van der Waals surface area contributed by atoms with Crippen molar-refractivity contribution < 1.29 is 9.47 Å². The SMILES string of the molecule is COc1cccc(OC)c1/C=C(\C#N)c1nc(-c2ccncc2)cs1. The lowest BCUT2D eigenvalue weighted by Crippen LogP contribution is -1.93. The molecule has 124 valence electrons. The molecule has 0 saturated carbocycles. The third kappa shape index (κ3) is 3.52. The molecule has 0 aliphatic heterocycles. The maximum absolute atomic E-state index is 9.60. The van der Waals surface area contributed by atoms with Crippen LogP contribution in [0.5, 0.6) is 11.5 Å². The molecule has 0 bridgehead atoms. The maximum atomic E-state index is 9.60. The summed E-state index contributed by atoms with van der Waals surface area (Å²) in [5.74, 6) is 1.27. The summed E-state index contributed by atoms with van der Waals surface area (Å²) in [7, 11) is 3.17. The number of allylic oxidation sites excluding steroid dienone is 1. The molecule has 0 fully saturated rings. The highest BCUT2D eigenvalue weighted by Gasteiger charge is 2.13. The monoisotopic (exact) mass is 349 g/mol. The van der Waals surface area contributed by atoms with E-state index in [1.54, 1.807) is 32.7 Å². The van der Waals surface area contributed by atoms with Gasteiger partial charge in [0.25, 0.3) is 0 Å². The van der Waals surface area contributed by atoms with E-state index in [9.17, 15) is 5.26 Å². The van der Waals surface area contributed by atoms with Crippen LogP contribution in [0.4, 0.5) is 0 Å². The molecule has 3 rings (SSSR count). The van der Waals surface area contributed by atoms with Gasteiger partial charge in [-0.3, -0.25) is 4.98 Å². The van der Waals surface area contributed by atoms with E-state index in [4.69, 9.17) is 9.47 Å². The number of hydrogen-bond donors (Lipinski definition) is 0. The quantitative estimate of drug-likeness (QED) is 0.643. The number of ether oxygens (including phenoxy) is 2. The van der Waals surface area contributed by atoms with Gasteiger partial charge in [0, 0.05) is 23.3 Å². The lowest BCUT2D eigenvalue weighted by Gasteiger charge is -2.09. The zero-order chi connectivity index (χ0) is 17.6. The van der Waals surface area contributed by atoms with Crippen LogP contribution in [0.3, 0.4) is 0 Å². The highest BCUT2D eigenvalue weighted by atomic mass is 32.1. The first-order valence-electron chi connectivity index (χ1n) is 7.46. The number of pyridine rings is 1. The number of nitriles is 1. The van der Waals surface area contributed by atoms with Crippen LogP contribution >= 0.6 is 11.3 Å². The maximum Gasteiger partial charge on any atom is 0.134 e. The minimum atomic E-state index is 0.452. The van der Waals surface area contributed by atoms with Gasteiger partial charge in [0.05, 0.1) is 31.1 Å². The van der Waals surface area contributed by atoms with Crippen molar-refractivity contribution in [2.24, 2.45) is 0 Å². The first kappa shape index (κ1) is 16.7. The summed E-state index contributed by atoms with van der Waals surface area (Å²) in [5, 5.41) is 12.2. The van der Waals surface area contributed by atoms with Gasteiger partial charge in [-0.25, -0.2) is 4.98 Å². The number of nitrogens with zero attached hydrogens (tertiary/aromatic N) is 3. The van der Waals surface area contributed by atoms with Crippen LogP contribution in [0, 0.1) is 11.3 Å². The van der Waals surface area contributed by atoms with Crippen LogP contribution in [0.2, 0.25) is 0 Å². The van der Waals surface area contributed by atoms with E-state index in [1.807, 2.05) is 35.7 Å². The van der Waals surface area contributed by atoms with Gasteiger partial charge in [0.2, 0.25) is 0 Å². The molecule has 2 heterocycles. The van der Waals surface area contributed by atoms with Crippen molar-refractivity contribution in [1.29, 1.82) is 5.26 Å². The standard InChI is InChI=1S/C19H15N3O2S/c1-23-17-4-3-5-18(24-2)15(17)10-14(11-20)19-22-16(12-25-19)13-6-8-21-9-7-13/h3-10,12H,1-2H3/b14-10+. The van der Waals surface area contributed by atoms with Crippen LogP contribution < -0.4 is 9.47 Å². The molecule has 6 heteroatoms. The van der Waals surface area contributed by atoms with E-state index in [0.717, 1.165) is 11.3 Å². The third-order valence-electron chi connectivity index (χ3n) is 3.59. The average Bonchev–Trinajstić information content (AvgIpc) is 3.16. The Labute approximate surface area is 149 Å². The highest BCUT2D eigenvalue weighted by molar-refractivity contribution is 7.11. The number of rotatable bonds is 5. The summed E-state index contributed by atoms with van der Waals surface area (Å²) in [6, 6.07) is 11.5. The van der Waals surface area contributed by atoms with E-state index in [1.165, 1.54) is 11.3 Å². The Balaban J connectivity index is 2.04. The molecule has 0 aliphatic carbocycles. The minimum Gasteiger partial charge on any atom is -0.496 e. The van der Waals surface area contributed by atoms with Gasteiger partial charge in [-0.1, -0.05) is 6.07 Å². The van der Waals surface area contributed by atoms with E-state index < -0.39 is 0 Å². The fraction of sp³-hybridized carbons (Fsp3) is 0.105. The predicted octanol–water partition coefficient (Wildman–Crippen LogP) is 4.29. The van der Waals surface area contributed by atoms with Crippen LogP contribution in [0.25, 0.3) is 22.9 Å². The normalized spacial score (nSPS) is 11.0. The molecule has 5 nitrogen and oxygen atoms in total. The molecule has 25 heavy (non-hydrogen) atoms. The molecule has 0 amide bonds. The molecular formula is C19H15N3O2S. The van der Waals surface area contributed by atoms with Gasteiger partial charge in [0.15, 0.2) is 0 Å². The van der Waals surface area contributed by atoms with E-state index in [0.29, 0.717) is 27.6 Å².